The summed E-state index contributed by atoms with van der Waals surface area (Å²) in [5.74, 6) is 0. The van der Waals surface area contributed by atoms with Crippen molar-refractivity contribution in [3.05, 3.63) is 83.9 Å². The van der Waals surface area contributed by atoms with Gasteiger partial charge in [-0.3, -0.25) is 4.98 Å². The summed E-state index contributed by atoms with van der Waals surface area (Å²) in [5, 5.41) is 4.25. The van der Waals surface area contributed by atoms with Crippen LogP contribution < -0.4 is 10.2 Å². The molecular formula is C23H26N4S. The normalized spacial score (nSPS) is 19.7. The molecule has 3 aromatic rings. The van der Waals surface area contributed by atoms with Gasteiger partial charge >= 0.3 is 0 Å². The molecule has 4 nitrogen and oxygen atoms in total. The predicted octanol–water partition coefficient (Wildman–Crippen LogP) is 5.12. The maximum Gasteiger partial charge on any atom is 0.174 e. The van der Waals surface area contributed by atoms with Crippen molar-refractivity contribution in [1.82, 2.24) is 14.9 Å². The van der Waals surface area contributed by atoms with Crippen molar-refractivity contribution in [2.24, 2.45) is 0 Å². The van der Waals surface area contributed by atoms with Crippen molar-refractivity contribution in [2.45, 2.75) is 45.3 Å². The zero-order valence-corrected chi connectivity index (χ0v) is 17.6. The van der Waals surface area contributed by atoms with Crippen molar-refractivity contribution < 1.29 is 0 Å². The largest absolute Gasteiger partial charge is 0.351 e. The Morgan fingerprint density at radius 3 is 2.39 bits per heavy atom. The van der Waals surface area contributed by atoms with Gasteiger partial charge in [-0.15, -0.1) is 0 Å². The van der Waals surface area contributed by atoms with Crippen LogP contribution in [0.25, 0.3) is 0 Å². The van der Waals surface area contributed by atoms with Gasteiger partial charge in [-0.05, 0) is 75.8 Å². The highest BCUT2D eigenvalue weighted by Crippen LogP contribution is 2.41. The van der Waals surface area contributed by atoms with Crippen LogP contribution in [0, 0.1) is 6.92 Å². The second-order valence-electron chi connectivity index (χ2n) is 8.36. The number of nitrogens with zero attached hydrogens (tertiary/aromatic N) is 3. The van der Waals surface area contributed by atoms with E-state index in [9.17, 15) is 0 Å². The number of thiocarbonyl (C=S) groups is 1. The molecular weight excluding hydrogens is 364 g/mol. The molecule has 1 fully saturated rings. The van der Waals surface area contributed by atoms with E-state index in [1.54, 1.807) is 0 Å². The highest BCUT2D eigenvalue weighted by molar-refractivity contribution is 7.80. The molecule has 0 bridgehead atoms. The SMILES string of the molecule is Cc1ccc(N2C(=S)N[C@H](c3ccccn3)[C@H]2c2ccn(C(C)(C)C)c2)cc1. The quantitative estimate of drug-likeness (QED) is 0.629. The molecule has 5 heteroatoms. The minimum Gasteiger partial charge on any atom is -0.351 e. The number of benzene rings is 1. The number of pyridine rings is 1. The number of aryl methyl sites for hydroxylation is 1. The third kappa shape index (κ3) is 3.42. The summed E-state index contributed by atoms with van der Waals surface area (Å²) in [7, 11) is 0. The molecule has 28 heavy (non-hydrogen) atoms. The average molecular weight is 391 g/mol. The molecule has 0 aliphatic carbocycles. The number of hydrogen-bond donors (Lipinski definition) is 1. The van der Waals surface area contributed by atoms with E-state index >= 15 is 0 Å². The Balaban J connectivity index is 1.81. The first-order chi connectivity index (χ1) is 13.3. The first kappa shape index (κ1) is 18.7. The molecule has 3 heterocycles. The second kappa shape index (κ2) is 7.06. The maximum atomic E-state index is 5.77. The van der Waals surface area contributed by atoms with Gasteiger partial charge in [0.2, 0.25) is 0 Å². The average Bonchev–Trinajstić information content (AvgIpc) is 3.28. The Morgan fingerprint density at radius 1 is 1.04 bits per heavy atom. The van der Waals surface area contributed by atoms with Gasteiger partial charge in [0.1, 0.15) is 0 Å². The number of aromatic nitrogens is 2. The molecule has 0 amide bonds. The monoisotopic (exact) mass is 390 g/mol. The lowest BCUT2D eigenvalue weighted by molar-refractivity contribution is 0.397. The second-order valence-corrected chi connectivity index (χ2v) is 8.74. The first-order valence-electron chi connectivity index (χ1n) is 9.60. The molecule has 0 spiro atoms. The van der Waals surface area contributed by atoms with Crippen LogP contribution in [0.15, 0.2) is 67.1 Å². The fourth-order valence-corrected chi connectivity index (χ4v) is 4.03. The van der Waals surface area contributed by atoms with Crippen LogP contribution in [0.5, 0.6) is 0 Å². The summed E-state index contributed by atoms with van der Waals surface area (Å²) >= 11 is 5.77. The minimum atomic E-state index is -0.00850. The fraction of sp³-hybridized carbons (Fsp3) is 0.304. The van der Waals surface area contributed by atoms with Crippen molar-refractivity contribution in [1.29, 1.82) is 0 Å². The molecule has 0 radical (unpaired) electrons. The Hall–Kier alpha value is -2.66. The van der Waals surface area contributed by atoms with Gasteiger partial charge in [-0.2, -0.15) is 0 Å². The van der Waals surface area contributed by atoms with Crippen LogP contribution in [0.1, 0.15) is 49.7 Å². The summed E-state index contributed by atoms with van der Waals surface area (Å²) in [6.45, 7) is 8.73. The van der Waals surface area contributed by atoms with Crippen molar-refractivity contribution in [2.75, 3.05) is 4.90 Å². The molecule has 1 aromatic carbocycles. The van der Waals surface area contributed by atoms with Crippen LogP contribution in [-0.2, 0) is 5.54 Å². The molecule has 4 rings (SSSR count). The smallest absolute Gasteiger partial charge is 0.174 e. The summed E-state index contributed by atoms with van der Waals surface area (Å²) in [6, 6.07) is 16.8. The van der Waals surface area contributed by atoms with Crippen molar-refractivity contribution in [3.63, 3.8) is 0 Å². The number of hydrogen-bond acceptors (Lipinski definition) is 2. The van der Waals surface area contributed by atoms with Crippen LogP contribution in [0.2, 0.25) is 0 Å². The highest BCUT2D eigenvalue weighted by atomic mass is 32.1. The molecule has 1 saturated heterocycles. The Labute approximate surface area is 172 Å². The standard InChI is InChI=1S/C23H26N4S/c1-16-8-10-18(11-9-16)27-21(17-12-14-26(15-17)23(2,3)4)20(25-22(27)28)19-7-5-6-13-24-19/h5-15,20-21H,1-4H3,(H,25,28)/t20-,21-/m1/s1. The van der Waals surface area contributed by atoms with Crippen LogP contribution in [-0.4, -0.2) is 14.7 Å². The van der Waals surface area contributed by atoms with Crippen molar-refractivity contribution in [3.8, 4) is 0 Å². The van der Waals surface area contributed by atoms with Gasteiger partial charge in [0.15, 0.2) is 5.11 Å². The lowest BCUT2D eigenvalue weighted by Crippen LogP contribution is -2.29. The maximum absolute atomic E-state index is 5.77. The van der Waals surface area contributed by atoms with E-state index in [1.807, 2.05) is 18.3 Å². The molecule has 144 valence electrons. The van der Waals surface area contributed by atoms with Crippen molar-refractivity contribution >= 4 is 23.0 Å². The molecule has 1 aliphatic rings. The Bertz CT molecular complexity index is 970. The molecule has 2 atom stereocenters. The lowest BCUT2D eigenvalue weighted by atomic mass is 9.98. The Morgan fingerprint density at radius 2 is 1.79 bits per heavy atom. The predicted molar refractivity (Wildman–Crippen MR) is 119 cm³/mol. The zero-order valence-electron chi connectivity index (χ0n) is 16.8. The third-order valence-corrected chi connectivity index (χ3v) is 5.56. The number of rotatable bonds is 3. The van der Waals surface area contributed by atoms with Gasteiger partial charge in [0.05, 0.1) is 17.8 Å². The summed E-state index contributed by atoms with van der Waals surface area (Å²) < 4.78 is 2.26. The van der Waals surface area contributed by atoms with Crippen LogP contribution in [0.4, 0.5) is 5.69 Å². The molecule has 0 saturated carbocycles. The lowest BCUT2D eigenvalue weighted by Gasteiger charge is -2.28. The van der Waals surface area contributed by atoms with Gasteiger partial charge in [0, 0.05) is 29.8 Å². The molecule has 1 aliphatic heterocycles. The Kier molecular flexibility index (Phi) is 4.71. The zero-order chi connectivity index (χ0) is 19.9. The number of nitrogens with one attached hydrogen (secondary N) is 1. The van der Waals surface area contributed by atoms with E-state index < -0.39 is 0 Å². The van der Waals surface area contributed by atoms with Crippen LogP contribution in [0.3, 0.4) is 0 Å². The summed E-state index contributed by atoms with van der Waals surface area (Å²) in [6.07, 6.45) is 6.23. The first-order valence-corrected chi connectivity index (χ1v) is 10.0. The molecule has 0 unspecified atom stereocenters. The van der Waals surface area contributed by atoms with Gasteiger partial charge in [-0.1, -0.05) is 23.8 Å². The van der Waals surface area contributed by atoms with E-state index in [4.69, 9.17) is 12.2 Å². The molecule has 2 aromatic heterocycles. The topological polar surface area (TPSA) is 33.1 Å². The van der Waals surface area contributed by atoms with Gasteiger partial charge < -0.3 is 14.8 Å². The van der Waals surface area contributed by atoms with Crippen LogP contribution >= 0.6 is 12.2 Å². The van der Waals surface area contributed by atoms with Gasteiger partial charge in [0.25, 0.3) is 0 Å². The summed E-state index contributed by atoms with van der Waals surface area (Å²) in [4.78, 5) is 6.83. The van der Waals surface area contributed by atoms with E-state index in [1.165, 1.54) is 11.1 Å². The molecule has 1 N–H and O–H groups in total. The summed E-state index contributed by atoms with van der Waals surface area (Å²) in [5.41, 5.74) is 4.57. The van der Waals surface area contributed by atoms with Gasteiger partial charge in [-0.25, -0.2) is 0 Å². The fourth-order valence-electron chi connectivity index (χ4n) is 3.68. The third-order valence-electron chi connectivity index (χ3n) is 5.24. The minimum absolute atomic E-state index is 0.00850. The van der Waals surface area contributed by atoms with E-state index in [2.05, 4.69) is 96.3 Å². The van der Waals surface area contributed by atoms with E-state index in [-0.39, 0.29) is 17.6 Å². The van der Waals surface area contributed by atoms with E-state index in [0.29, 0.717) is 0 Å². The highest BCUT2D eigenvalue weighted by Gasteiger charge is 2.41. The number of anilines is 1. The van der Waals surface area contributed by atoms with E-state index in [0.717, 1.165) is 16.5 Å².